The quantitative estimate of drug-likeness (QED) is 0.355. The Morgan fingerprint density at radius 2 is 1.33 bits per heavy atom. The fourth-order valence-electron chi connectivity index (χ4n) is 4.59. The fourth-order valence-corrected chi connectivity index (χ4v) is 4.59. The third-order valence-corrected chi connectivity index (χ3v) is 6.21. The lowest BCUT2D eigenvalue weighted by molar-refractivity contribution is 0.485. The van der Waals surface area contributed by atoms with Gasteiger partial charge in [-0.15, -0.1) is 5.10 Å². The number of fused-ring (bicyclic) bond motifs is 1. The van der Waals surface area contributed by atoms with Gasteiger partial charge < -0.3 is 0 Å². The number of hydrogen-bond donors (Lipinski definition) is 0. The zero-order valence-electron chi connectivity index (χ0n) is 18.3. The molecule has 5 nitrogen and oxygen atoms in total. The van der Waals surface area contributed by atoms with Gasteiger partial charge in [0.05, 0.1) is 16.9 Å². The lowest BCUT2D eigenvalue weighted by Crippen LogP contribution is -2.29. The molecule has 0 spiro atoms. The van der Waals surface area contributed by atoms with Crippen molar-refractivity contribution in [3.8, 4) is 0 Å². The Kier molecular flexibility index (Phi) is 4.73. The molecule has 1 aliphatic rings. The Hall–Kier alpha value is -4.25. The van der Waals surface area contributed by atoms with Crippen molar-refractivity contribution < 1.29 is 0 Å². The number of rotatable bonds is 4. The molecule has 5 aromatic rings. The second kappa shape index (κ2) is 8.02. The van der Waals surface area contributed by atoms with Crippen LogP contribution in [0.1, 0.15) is 28.8 Å². The molecule has 33 heavy (non-hydrogen) atoms. The summed E-state index contributed by atoms with van der Waals surface area (Å²) in [6.45, 7) is 2.10. The van der Waals surface area contributed by atoms with E-state index in [1.54, 1.807) is 0 Å². The van der Waals surface area contributed by atoms with E-state index in [2.05, 4.69) is 101 Å². The van der Waals surface area contributed by atoms with E-state index in [0.717, 1.165) is 28.0 Å². The minimum absolute atomic E-state index is 0.0741. The van der Waals surface area contributed by atoms with Crippen LogP contribution in [0.2, 0.25) is 0 Å². The molecule has 0 bridgehead atoms. The van der Waals surface area contributed by atoms with Crippen molar-refractivity contribution in [2.24, 2.45) is 5.10 Å². The Balaban J connectivity index is 1.60. The number of benzene rings is 4. The molecule has 0 aliphatic carbocycles. The second-order valence-corrected chi connectivity index (χ2v) is 8.35. The van der Waals surface area contributed by atoms with Crippen LogP contribution in [0.15, 0.2) is 114 Å². The van der Waals surface area contributed by atoms with Gasteiger partial charge in [-0.2, -0.15) is 5.10 Å². The minimum atomic E-state index is -0.150. The molecular weight excluding hydrogens is 406 g/mol. The van der Waals surface area contributed by atoms with Crippen LogP contribution in [0, 0.1) is 6.92 Å². The lowest BCUT2D eigenvalue weighted by Gasteiger charge is -2.28. The van der Waals surface area contributed by atoms with Crippen molar-refractivity contribution in [2.45, 2.75) is 19.0 Å². The van der Waals surface area contributed by atoms with Crippen LogP contribution in [0.25, 0.3) is 11.0 Å². The molecule has 1 aliphatic heterocycles. The molecule has 6 rings (SSSR count). The maximum atomic E-state index is 5.22. The van der Waals surface area contributed by atoms with Gasteiger partial charge >= 0.3 is 0 Å². The van der Waals surface area contributed by atoms with Crippen molar-refractivity contribution in [3.05, 3.63) is 126 Å². The standard InChI is InChI=1S/C28H23N5/c1-20-16-18-21(19-17-20)26-28(33-25-15-9-8-14-24(25)29-31-33)27(22-10-4-2-5-11-22)32(30-26)23-12-6-3-7-13-23/h2-19,27-28H,1H3. The molecule has 0 fully saturated rings. The predicted octanol–water partition coefficient (Wildman–Crippen LogP) is 5.95. The summed E-state index contributed by atoms with van der Waals surface area (Å²) in [7, 11) is 0. The smallest absolute Gasteiger partial charge is 0.125 e. The largest absolute Gasteiger partial charge is 0.255 e. The first kappa shape index (κ1) is 19.4. The van der Waals surface area contributed by atoms with Crippen LogP contribution in [0.4, 0.5) is 5.69 Å². The average Bonchev–Trinajstić information content (AvgIpc) is 3.47. The summed E-state index contributed by atoms with van der Waals surface area (Å²) in [5.74, 6) is 0. The molecule has 5 heteroatoms. The van der Waals surface area contributed by atoms with Gasteiger partial charge in [0.25, 0.3) is 0 Å². The highest BCUT2D eigenvalue weighted by molar-refractivity contribution is 6.06. The number of para-hydroxylation sites is 2. The summed E-state index contributed by atoms with van der Waals surface area (Å²) >= 11 is 0. The van der Waals surface area contributed by atoms with Crippen LogP contribution < -0.4 is 5.01 Å². The Morgan fingerprint density at radius 3 is 2.09 bits per heavy atom. The molecule has 4 aromatic carbocycles. The van der Waals surface area contributed by atoms with Crippen molar-refractivity contribution in [1.29, 1.82) is 0 Å². The molecule has 0 amide bonds. The van der Waals surface area contributed by atoms with Crippen LogP contribution >= 0.6 is 0 Å². The minimum Gasteiger partial charge on any atom is -0.255 e. The van der Waals surface area contributed by atoms with Gasteiger partial charge in [-0.25, -0.2) is 4.68 Å². The summed E-state index contributed by atoms with van der Waals surface area (Å²) in [5.41, 5.74) is 7.39. The van der Waals surface area contributed by atoms with Gasteiger partial charge in [0.1, 0.15) is 17.6 Å². The molecule has 1 aromatic heterocycles. The highest BCUT2D eigenvalue weighted by atomic mass is 15.5. The molecule has 2 unspecified atom stereocenters. The first-order valence-corrected chi connectivity index (χ1v) is 11.1. The third kappa shape index (κ3) is 3.38. The Labute approximate surface area is 192 Å². The van der Waals surface area contributed by atoms with E-state index < -0.39 is 0 Å². The Bertz CT molecular complexity index is 1420. The van der Waals surface area contributed by atoms with Gasteiger partial charge in [-0.05, 0) is 36.8 Å². The highest BCUT2D eigenvalue weighted by Crippen LogP contribution is 2.43. The van der Waals surface area contributed by atoms with E-state index in [-0.39, 0.29) is 12.1 Å². The first-order valence-electron chi connectivity index (χ1n) is 11.1. The molecule has 160 valence electrons. The van der Waals surface area contributed by atoms with Gasteiger partial charge in [0.2, 0.25) is 0 Å². The van der Waals surface area contributed by atoms with Crippen molar-refractivity contribution in [3.63, 3.8) is 0 Å². The average molecular weight is 430 g/mol. The first-order chi connectivity index (χ1) is 16.3. The van der Waals surface area contributed by atoms with Gasteiger partial charge in [0.15, 0.2) is 0 Å². The monoisotopic (exact) mass is 429 g/mol. The summed E-state index contributed by atoms with van der Waals surface area (Å²) in [4.78, 5) is 0. The van der Waals surface area contributed by atoms with Crippen LogP contribution in [0.5, 0.6) is 0 Å². The van der Waals surface area contributed by atoms with Crippen LogP contribution in [-0.2, 0) is 0 Å². The van der Waals surface area contributed by atoms with Crippen LogP contribution in [-0.4, -0.2) is 20.7 Å². The third-order valence-electron chi connectivity index (χ3n) is 6.21. The molecule has 0 N–H and O–H groups in total. The maximum Gasteiger partial charge on any atom is 0.125 e. The highest BCUT2D eigenvalue weighted by Gasteiger charge is 2.42. The molecule has 2 heterocycles. The predicted molar refractivity (Wildman–Crippen MR) is 132 cm³/mol. The number of aromatic nitrogens is 3. The SMILES string of the molecule is Cc1ccc(C2=NN(c3ccccc3)C(c3ccccc3)C2n2nnc3ccccc32)cc1. The normalized spacial score (nSPS) is 18.0. The topological polar surface area (TPSA) is 46.3 Å². The van der Waals surface area contributed by atoms with E-state index in [9.17, 15) is 0 Å². The van der Waals surface area contributed by atoms with E-state index in [4.69, 9.17) is 5.10 Å². The van der Waals surface area contributed by atoms with Crippen LogP contribution in [0.3, 0.4) is 0 Å². The summed E-state index contributed by atoms with van der Waals surface area (Å²) in [5, 5.41) is 16.5. The molecular formula is C28H23N5. The molecule has 2 atom stereocenters. The van der Waals surface area contributed by atoms with E-state index in [1.165, 1.54) is 11.1 Å². The number of hydrogen-bond acceptors (Lipinski definition) is 4. The number of hydrazone groups is 1. The number of anilines is 1. The summed E-state index contributed by atoms with van der Waals surface area (Å²) < 4.78 is 2.04. The molecule has 0 saturated carbocycles. The lowest BCUT2D eigenvalue weighted by atomic mass is 9.92. The van der Waals surface area contributed by atoms with Crippen molar-refractivity contribution in [2.75, 3.05) is 5.01 Å². The summed E-state index contributed by atoms with van der Waals surface area (Å²) in [6.07, 6.45) is 0. The van der Waals surface area contributed by atoms with Crippen molar-refractivity contribution in [1.82, 2.24) is 15.0 Å². The summed E-state index contributed by atoms with van der Waals surface area (Å²) in [6, 6.07) is 37.4. The van der Waals surface area contributed by atoms with Gasteiger partial charge in [-0.3, -0.25) is 5.01 Å². The zero-order chi connectivity index (χ0) is 22.2. The molecule has 0 radical (unpaired) electrons. The van der Waals surface area contributed by atoms with E-state index in [0.29, 0.717) is 0 Å². The number of nitrogens with zero attached hydrogens (tertiary/aromatic N) is 5. The maximum absolute atomic E-state index is 5.22. The van der Waals surface area contributed by atoms with Gasteiger partial charge in [-0.1, -0.05) is 95.7 Å². The molecule has 0 saturated heterocycles. The van der Waals surface area contributed by atoms with Crippen molar-refractivity contribution >= 4 is 22.4 Å². The van der Waals surface area contributed by atoms with Gasteiger partial charge in [0, 0.05) is 5.56 Å². The van der Waals surface area contributed by atoms with E-state index >= 15 is 0 Å². The zero-order valence-corrected chi connectivity index (χ0v) is 18.3. The Morgan fingerprint density at radius 1 is 0.667 bits per heavy atom. The second-order valence-electron chi connectivity index (χ2n) is 8.35. The van der Waals surface area contributed by atoms with E-state index in [1.807, 2.05) is 35.0 Å². The fraction of sp³-hybridized carbons (Fsp3) is 0.107. The number of aryl methyl sites for hydroxylation is 1.